The molecular formula is C20H21ClN2O3. The van der Waals surface area contributed by atoms with Crippen LogP contribution in [0.3, 0.4) is 0 Å². The van der Waals surface area contributed by atoms with Gasteiger partial charge >= 0.3 is 0 Å². The van der Waals surface area contributed by atoms with Crippen molar-refractivity contribution in [1.82, 2.24) is 5.32 Å². The largest absolute Gasteiger partial charge is 0.490 e. The monoisotopic (exact) mass is 372 g/mol. The van der Waals surface area contributed by atoms with E-state index >= 15 is 0 Å². The summed E-state index contributed by atoms with van der Waals surface area (Å²) in [5.41, 5.74) is 1.84. The minimum Gasteiger partial charge on any atom is -0.490 e. The topological polar surface area (TPSA) is 58.6 Å². The molecule has 0 saturated heterocycles. The summed E-state index contributed by atoms with van der Waals surface area (Å²) >= 11 is 6.02. The molecule has 5 nitrogen and oxygen atoms in total. The highest BCUT2D eigenvalue weighted by atomic mass is 35.5. The van der Waals surface area contributed by atoms with Gasteiger partial charge in [-0.1, -0.05) is 41.9 Å². The highest BCUT2D eigenvalue weighted by molar-refractivity contribution is 6.31. The van der Waals surface area contributed by atoms with E-state index in [1.807, 2.05) is 30.3 Å². The molecule has 0 fully saturated rings. The Hall–Kier alpha value is -2.53. The number of ether oxygens (including phenoxy) is 1. The number of rotatable bonds is 6. The minimum absolute atomic E-state index is 0.102. The first-order valence-corrected chi connectivity index (χ1v) is 9.04. The second-order valence-electron chi connectivity index (χ2n) is 6.09. The highest BCUT2D eigenvalue weighted by Gasteiger charge is 2.24. The fraction of sp³-hybridized carbons (Fsp3) is 0.300. The second kappa shape index (κ2) is 8.72. The third-order valence-corrected chi connectivity index (χ3v) is 4.46. The number of carbonyl (C=O) groups is 2. The van der Waals surface area contributed by atoms with E-state index in [9.17, 15) is 9.59 Å². The van der Waals surface area contributed by atoms with Crippen LogP contribution in [0.2, 0.25) is 5.02 Å². The van der Waals surface area contributed by atoms with Crippen LogP contribution >= 0.6 is 11.6 Å². The zero-order chi connectivity index (χ0) is 18.4. The normalized spacial score (nSPS) is 12.9. The molecule has 0 unspecified atom stereocenters. The first kappa shape index (κ1) is 18.3. The molecule has 0 radical (unpaired) electrons. The fourth-order valence-corrected chi connectivity index (χ4v) is 3.05. The van der Waals surface area contributed by atoms with Gasteiger partial charge in [-0.05, 0) is 30.2 Å². The Kier molecular flexibility index (Phi) is 6.12. The van der Waals surface area contributed by atoms with Crippen LogP contribution in [0, 0.1) is 0 Å². The third-order valence-electron chi connectivity index (χ3n) is 4.23. The molecule has 1 aliphatic rings. The number of halogens is 1. The molecule has 0 atom stereocenters. The van der Waals surface area contributed by atoms with E-state index in [1.54, 1.807) is 23.1 Å². The lowest BCUT2D eigenvalue weighted by molar-refractivity contribution is -0.125. The maximum absolute atomic E-state index is 12.5. The second-order valence-corrected chi connectivity index (χ2v) is 6.53. The molecule has 0 saturated carbocycles. The number of benzene rings is 2. The molecule has 0 bridgehead atoms. The van der Waals surface area contributed by atoms with Crippen molar-refractivity contribution in [3.8, 4) is 5.75 Å². The van der Waals surface area contributed by atoms with Crippen molar-refractivity contribution in [3.05, 3.63) is 59.1 Å². The number of amides is 2. The van der Waals surface area contributed by atoms with Crippen molar-refractivity contribution in [2.45, 2.75) is 19.3 Å². The lowest BCUT2D eigenvalue weighted by Crippen LogP contribution is -2.38. The first-order valence-electron chi connectivity index (χ1n) is 8.67. The molecule has 0 spiro atoms. The minimum atomic E-state index is -0.117. The van der Waals surface area contributed by atoms with Crippen LogP contribution in [0.4, 0.5) is 5.69 Å². The number of nitrogens with one attached hydrogen (secondary N) is 1. The Bertz CT molecular complexity index is 780. The van der Waals surface area contributed by atoms with Crippen LogP contribution in [-0.4, -0.2) is 31.5 Å². The van der Waals surface area contributed by atoms with Gasteiger partial charge in [0.2, 0.25) is 11.8 Å². The van der Waals surface area contributed by atoms with Crippen molar-refractivity contribution in [1.29, 1.82) is 0 Å². The van der Waals surface area contributed by atoms with Crippen LogP contribution in [0.1, 0.15) is 18.4 Å². The van der Waals surface area contributed by atoms with Crippen molar-refractivity contribution >= 4 is 29.1 Å². The molecule has 0 aromatic heterocycles. The van der Waals surface area contributed by atoms with Crippen LogP contribution < -0.4 is 15.0 Å². The molecule has 2 aromatic carbocycles. The van der Waals surface area contributed by atoms with Gasteiger partial charge in [0.25, 0.3) is 0 Å². The Labute approximate surface area is 157 Å². The van der Waals surface area contributed by atoms with E-state index in [4.69, 9.17) is 16.3 Å². The predicted octanol–water partition coefficient (Wildman–Crippen LogP) is 3.20. The molecule has 0 aliphatic carbocycles. The first-order chi connectivity index (χ1) is 12.6. The fourth-order valence-electron chi connectivity index (χ4n) is 2.88. The van der Waals surface area contributed by atoms with Crippen LogP contribution in [0.15, 0.2) is 48.5 Å². The molecule has 26 heavy (non-hydrogen) atoms. The molecule has 1 N–H and O–H groups in total. The summed E-state index contributed by atoms with van der Waals surface area (Å²) in [7, 11) is 0. The summed E-state index contributed by atoms with van der Waals surface area (Å²) in [5.74, 6) is 0.421. The summed E-state index contributed by atoms with van der Waals surface area (Å²) in [6.45, 7) is 1.46. The summed E-state index contributed by atoms with van der Waals surface area (Å²) in [6, 6.07) is 15.2. The van der Waals surface area contributed by atoms with Gasteiger partial charge in [0.1, 0.15) is 12.4 Å². The highest BCUT2D eigenvalue weighted by Crippen LogP contribution is 2.34. The van der Waals surface area contributed by atoms with Gasteiger partial charge in [-0.2, -0.15) is 0 Å². The predicted molar refractivity (Wildman–Crippen MR) is 102 cm³/mol. The van der Waals surface area contributed by atoms with Crippen molar-refractivity contribution in [2.24, 2.45) is 0 Å². The molecule has 136 valence electrons. The van der Waals surface area contributed by atoms with E-state index in [2.05, 4.69) is 5.32 Å². The Balaban J connectivity index is 1.47. The van der Waals surface area contributed by atoms with Crippen LogP contribution in [0.5, 0.6) is 5.75 Å². The van der Waals surface area contributed by atoms with E-state index in [0.717, 1.165) is 6.42 Å². The van der Waals surface area contributed by atoms with E-state index in [-0.39, 0.29) is 24.7 Å². The maximum atomic E-state index is 12.5. The summed E-state index contributed by atoms with van der Waals surface area (Å²) in [5, 5.41) is 3.41. The van der Waals surface area contributed by atoms with Crippen LogP contribution in [0.25, 0.3) is 0 Å². The van der Waals surface area contributed by atoms with Crippen molar-refractivity contribution in [2.75, 3.05) is 24.6 Å². The smallest absolute Gasteiger partial charge is 0.227 e. The number of fused-ring (bicyclic) bond motifs is 1. The van der Waals surface area contributed by atoms with Gasteiger partial charge in [0.05, 0.1) is 12.2 Å². The summed E-state index contributed by atoms with van der Waals surface area (Å²) in [4.78, 5) is 26.2. The van der Waals surface area contributed by atoms with Gasteiger partial charge in [-0.3, -0.25) is 9.59 Å². The molecule has 1 heterocycles. The number of hydrogen-bond acceptors (Lipinski definition) is 3. The van der Waals surface area contributed by atoms with Crippen molar-refractivity contribution < 1.29 is 14.3 Å². The van der Waals surface area contributed by atoms with E-state index < -0.39 is 0 Å². The van der Waals surface area contributed by atoms with Crippen LogP contribution in [-0.2, 0) is 16.0 Å². The molecule has 6 heteroatoms. The average Bonchev–Trinajstić information content (AvgIpc) is 2.66. The van der Waals surface area contributed by atoms with Crippen molar-refractivity contribution in [3.63, 3.8) is 0 Å². The standard InChI is InChI=1S/C20H21ClN2O3/c21-16-6-7-18-17(14-16)23(12-13-26-18)20(25)9-8-19(24)22-11-10-15-4-2-1-3-5-15/h1-7,14H,8-13H2,(H,22,24). The zero-order valence-electron chi connectivity index (χ0n) is 14.4. The van der Waals surface area contributed by atoms with Gasteiger partial charge in [-0.25, -0.2) is 0 Å². The Morgan fingerprint density at radius 2 is 1.92 bits per heavy atom. The molecule has 1 aliphatic heterocycles. The summed E-state index contributed by atoms with van der Waals surface area (Å²) in [6.07, 6.45) is 1.10. The Morgan fingerprint density at radius 1 is 1.12 bits per heavy atom. The number of hydrogen-bond donors (Lipinski definition) is 1. The Morgan fingerprint density at radius 3 is 2.73 bits per heavy atom. The molecule has 2 amide bonds. The number of anilines is 1. The van der Waals surface area contributed by atoms with Gasteiger partial charge < -0.3 is 15.0 Å². The maximum Gasteiger partial charge on any atom is 0.227 e. The number of nitrogens with zero attached hydrogens (tertiary/aromatic N) is 1. The lowest BCUT2D eigenvalue weighted by atomic mass is 10.1. The average molecular weight is 373 g/mol. The third kappa shape index (κ3) is 4.76. The summed E-state index contributed by atoms with van der Waals surface area (Å²) < 4.78 is 5.55. The molecular weight excluding hydrogens is 352 g/mol. The zero-order valence-corrected chi connectivity index (χ0v) is 15.2. The van der Waals surface area contributed by atoms with E-state index in [1.165, 1.54) is 5.56 Å². The van der Waals surface area contributed by atoms with Gasteiger partial charge in [0, 0.05) is 24.4 Å². The lowest BCUT2D eigenvalue weighted by Gasteiger charge is -2.29. The van der Waals surface area contributed by atoms with E-state index in [0.29, 0.717) is 36.2 Å². The van der Waals surface area contributed by atoms with Gasteiger partial charge in [0.15, 0.2) is 0 Å². The molecule has 2 aromatic rings. The number of carbonyl (C=O) groups excluding carboxylic acids is 2. The van der Waals surface area contributed by atoms with Gasteiger partial charge in [-0.15, -0.1) is 0 Å². The SMILES string of the molecule is O=C(CCC(=O)N1CCOc2ccc(Cl)cc21)NCCc1ccccc1. The quantitative estimate of drug-likeness (QED) is 0.847. The molecule has 3 rings (SSSR count).